The van der Waals surface area contributed by atoms with Crippen molar-refractivity contribution in [3.63, 3.8) is 0 Å². The molecular formula is C14H10NO2-. The Morgan fingerprint density at radius 1 is 1.06 bits per heavy atom. The van der Waals surface area contributed by atoms with Crippen LogP contribution in [0.5, 0.6) is 0 Å². The van der Waals surface area contributed by atoms with Gasteiger partial charge in [-0.2, -0.15) is 0 Å². The lowest BCUT2D eigenvalue weighted by molar-refractivity contribution is -0.304. The number of carbonyl (C=O) groups is 1. The fourth-order valence-corrected chi connectivity index (χ4v) is 2.17. The molecule has 3 aromatic rings. The van der Waals surface area contributed by atoms with E-state index in [4.69, 9.17) is 0 Å². The first-order valence-electron chi connectivity index (χ1n) is 5.43. The summed E-state index contributed by atoms with van der Waals surface area (Å²) < 4.78 is 0. The van der Waals surface area contributed by atoms with Crippen molar-refractivity contribution < 1.29 is 9.90 Å². The Morgan fingerprint density at radius 2 is 1.82 bits per heavy atom. The van der Waals surface area contributed by atoms with Crippen LogP contribution in [-0.4, -0.2) is 11.0 Å². The van der Waals surface area contributed by atoms with E-state index in [0.29, 0.717) is 0 Å². The van der Waals surface area contributed by atoms with Crippen LogP contribution in [0.4, 0.5) is 0 Å². The number of nitrogens with one attached hydrogen (secondary N) is 1. The Kier molecular flexibility index (Phi) is 2.11. The smallest absolute Gasteiger partial charge is 0.0465 e. The second-order valence-corrected chi connectivity index (χ2v) is 4.10. The average Bonchev–Trinajstić information content (AvgIpc) is 2.66. The Bertz CT molecular complexity index is 712. The van der Waals surface area contributed by atoms with E-state index in [2.05, 4.69) is 4.98 Å². The van der Waals surface area contributed by atoms with Gasteiger partial charge in [-0.3, -0.25) is 0 Å². The molecule has 1 N–H and O–H groups in total. The molecule has 0 atom stereocenters. The summed E-state index contributed by atoms with van der Waals surface area (Å²) in [7, 11) is 0. The monoisotopic (exact) mass is 224 g/mol. The second-order valence-electron chi connectivity index (χ2n) is 4.10. The zero-order valence-electron chi connectivity index (χ0n) is 9.07. The maximum atomic E-state index is 10.6. The van der Waals surface area contributed by atoms with E-state index in [1.807, 2.05) is 42.5 Å². The van der Waals surface area contributed by atoms with E-state index < -0.39 is 5.97 Å². The van der Waals surface area contributed by atoms with E-state index in [1.165, 1.54) is 0 Å². The molecule has 0 amide bonds. The van der Waals surface area contributed by atoms with Gasteiger partial charge in [-0.1, -0.05) is 24.3 Å². The third kappa shape index (κ3) is 1.65. The number of hydrogen-bond acceptors (Lipinski definition) is 2. The van der Waals surface area contributed by atoms with Crippen molar-refractivity contribution in [1.82, 2.24) is 4.98 Å². The van der Waals surface area contributed by atoms with E-state index in [-0.39, 0.29) is 6.42 Å². The molecule has 0 spiro atoms. The summed E-state index contributed by atoms with van der Waals surface area (Å²) in [5, 5.41) is 12.8. The molecule has 0 bridgehead atoms. The Balaban J connectivity index is 2.26. The standard InChI is InChI=1S/C14H11NO2/c16-14(17)8-9-5-6-13-11(7-9)10-3-1-2-4-12(10)15-13/h1-7,15H,8H2,(H,16,17)/p-1. The normalized spacial score (nSPS) is 11.1. The van der Waals surface area contributed by atoms with Crippen LogP contribution in [0.2, 0.25) is 0 Å². The quantitative estimate of drug-likeness (QED) is 0.719. The number of carboxylic acid groups (broad SMARTS) is 1. The van der Waals surface area contributed by atoms with Crippen LogP contribution >= 0.6 is 0 Å². The molecule has 0 aliphatic carbocycles. The molecule has 0 unspecified atom stereocenters. The fraction of sp³-hybridized carbons (Fsp3) is 0.0714. The summed E-state index contributed by atoms with van der Waals surface area (Å²) in [6, 6.07) is 13.6. The number of rotatable bonds is 2. The van der Waals surface area contributed by atoms with Gasteiger partial charge in [0, 0.05) is 34.2 Å². The molecule has 3 nitrogen and oxygen atoms in total. The summed E-state index contributed by atoms with van der Waals surface area (Å²) in [6.07, 6.45) is -0.0462. The molecular weight excluding hydrogens is 214 g/mol. The fourth-order valence-electron chi connectivity index (χ4n) is 2.17. The van der Waals surface area contributed by atoms with Gasteiger partial charge in [0.2, 0.25) is 0 Å². The van der Waals surface area contributed by atoms with Crippen molar-refractivity contribution in [2.75, 3.05) is 0 Å². The summed E-state index contributed by atoms with van der Waals surface area (Å²) in [6.45, 7) is 0. The van der Waals surface area contributed by atoms with Crippen molar-refractivity contribution >= 4 is 27.8 Å². The highest BCUT2D eigenvalue weighted by Crippen LogP contribution is 2.25. The molecule has 1 heterocycles. The number of aromatic nitrogens is 1. The molecule has 2 aromatic carbocycles. The highest BCUT2D eigenvalue weighted by molar-refractivity contribution is 6.07. The molecule has 3 heteroatoms. The summed E-state index contributed by atoms with van der Waals surface area (Å²) in [4.78, 5) is 13.9. The molecule has 0 fully saturated rings. The second kappa shape index (κ2) is 3.63. The predicted octanol–water partition coefficient (Wildman–Crippen LogP) is 1.61. The predicted molar refractivity (Wildman–Crippen MR) is 64.5 cm³/mol. The summed E-state index contributed by atoms with van der Waals surface area (Å²) in [5.41, 5.74) is 2.85. The number of para-hydroxylation sites is 1. The summed E-state index contributed by atoms with van der Waals surface area (Å²) in [5.74, 6) is -1.05. The van der Waals surface area contributed by atoms with Crippen molar-refractivity contribution in [1.29, 1.82) is 0 Å². The number of carbonyl (C=O) groups excluding carboxylic acids is 1. The number of aromatic amines is 1. The minimum atomic E-state index is -1.05. The molecule has 0 aliphatic rings. The van der Waals surface area contributed by atoms with Gasteiger partial charge >= 0.3 is 0 Å². The molecule has 3 rings (SSSR count). The zero-order chi connectivity index (χ0) is 11.8. The van der Waals surface area contributed by atoms with Crippen molar-refractivity contribution in [3.8, 4) is 0 Å². The van der Waals surface area contributed by atoms with E-state index in [1.54, 1.807) is 0 Å². The van der Waals surface area contributed by atoms with Crippen LogP contribution in [0.25, 0.3) is 21.8 Å². The molecule has 0 saturated heterocycles. The number of aliphatic carboxylic acids is 1. The lowest BCUT2D eigenvalue weighted by Crippen LogP contribution is -2.24. The maximum absolute atomic E-state index is 10.6. The van der Waals surface area contributed by atoms with Crippen LogP contribution in [-0.2, 0) is 11.2 Å². The molecule has 1 aromatic heterocycles. The topological polar surface area (TPSA) is 55.9 Å². The first kappa shape index (κ1) is 9.90. The van der Waals surface area contributed by atoms with Crippen LogP contribution in [0.3, 0.4) is 0 Å². The highest BCUT2D eigenvalue weighted by Gasteiger charge is 2.04. The van der Waals surface area contributed by atoms with Gasteiger partial charge in [0.05, 0.1) is 0 Å². The van der Waals surface area contributed by atoms with Crippen molar-refractivity contribution in [3.05, 3.63) is 48.0 Å². The third-order valence-electron chi connectivity index (χ3n) is 2.92. The minimum absolute atomic E-state index is 0.0462. The lowest BCUT2D eigenvalue weighted by atomic mass is 10.1. The van der Waals surface area contributed by atoms with Gasteiger partial charge in [0.25, 0.3) is 0 Å². The number of hydrogen-bond donors (Lipinski definition) is 1. The van der Waals surface area contributed by atoms with Gasteiger partial charge in [-0.25, -0.2) is 0 Å². The number of carboxylic acids is 1. The number of H-pyrrole nitrogens is 1. The minimum Gasteiger partial charge on any atom is -0.550 e. The Hall–Kier alpha value is -2.29. The SMILES string of the molecule is O=C([O-])Cc1ccc2[nH]c3ccccc3c2c1. The molecule has 0 aliphatic heterocycles. The van der Waals surface area contributed by atoms with E-state index >= 15 is 0 Å². The molecule has 0 radical (unpaired) electrons. The lowest BCUT2D eigenvalue weighted by Gasteiger charge is -2.02. The van der Waals surface area contributed by atoms with Crippen LogP contribution in [0.15, 0.2) is 42.5 Å². The van der Waals surface area contributed by atoms with Crippen LogP contribution in [0, 0.1) is 0 Å². The van der Waals surface area contributed by atoms with Crippen molar-refractivity contribution in [2.24, 2.45) is 0 Å². The average molecular weight is 224 g/mol. The van der Waals surface area contributed by atoms with Crippen LogP contribution in [0.1, 0.15) is 5.56 Å². The molecule has 84 valence electrons. The Labute approximate surface area is 97.7 Å². The van der Waals surface area contributed by atoms with Gasteiger partial charge in [-0.05, 0) is 23.8 Å². The number of fused-ring (bicyclic) bond motifs is 3. The first-order chi connectivity index (χ1) is 8.24. The Morgan fingerprint density at radius 3 is 2.65 bits per heavy atom. The zero-order valence-corrected chi connectivity index (χ0v) is 9.07. The molecule has 17 heavy (non-hydrogen) atoms. The van der Waals surface area contributed by atoms with Gasteiger partial charge in [-0.15, -0.1) is 0 Å². The molecule has 0 saturated carbocycles. The summed E-state index contributed by atoms with van der Waals surface area (Å²) >= 11 is 0. The van der Waals surface area contributed by atoms with Crippen LogP contribution < -0.4 is 5.11 Å². The van der Waals surface area contributed by atoms with Gasteiger partial charge in [0.1, 0.15) is 0 Å². The van der Waals surface area contributed by atoms with Gasteiger partial charge in [0.15, 0.2) is 0 Å². The van der Waals surface area contributed by atoms with Crippen molar-refractivity contribution in [2.45, 2.75) is 6.42 Å². The highest BCUT2D eigenvalue weighted by atomic mass is 16.4. The number of benzene rings is 2. The third-order valence-corrected chi connectivity index (χ3v) is 2.92. The largest absolute Gasteiger partial charge is 0.550 e. The van der Waals surface area contributed by atoms with E-state index in [9.17, 15) is 9.90 Å². The maximum Gasteiger partial charge on any atom is 0.0465 e. The van der Waals surface area contributed by atoms with E-state index in [0.717, 1.165) is 27.4 Å². The van der Waals surface area contributed by atoms with Gasteiger partial charge < -0.3 is 14.9 Å². The first-order valence-corrected chi connectivity index (χ1v) is 5.43.